The highest BCUT2D eigenvalue weighted by Gasteiger charge is 2.41. The smallest absolute Gasteiger partial charge is 0.187 e. The molecule has 0 saturated carbocycles. The Hall–Kier alpha value is -1.86. The molecule has 1 aromatic carbocycles. The van der Waals surface area contributed by atoms with Gasteiger partial charge in [0.2, 0.25) is 0 Å². The number of hydrogen-bond acceptors (Lipinski definition) is 3. The van der Waals surface area contributed by atoms with Gasteiger partial charge in [-0.2, -0.15) is 0 Å². The van der Waals surface area contributed by atoms with Gasteiger partial charge in [0.15, 0.2) is 5.69 Å². The standard InChI is InChI=1S/C17H21N3O.CH4/c1-3-10-20-11-8-17(9-12-20)13-16(19-21-17)14-4-6-15(18-2)7-5-14;/h4-7H,3,8-13H2,1H3;1H4. The summed E-state index contributed by atoms with van der Waals surface area (Å²) in [7, 11) is 0. The van der Waals surface area contributed by atoms with Crippen molar-refractivity contribution in [3.63, 3.8) is 0 Å². The molecule has 3 rings (SSSR count). The van der Waals surface area contributed by atoms with Crippen molar-refractivity contribution >= 4 is 11.4 Å². The predicted octanol–water partition coefficient (Wildman–Crippen LogP) is 4.24. The van der Waals surface area contributed by atoms with E-state index in [-0.39, 0.29) is 13.0 Å². The van der Waals surface area contributed by atoms with Crippen LogP contribution < -0.4 is 0 Å². The lowest BCUT2D eigenvalue weighted by atomic mass is 9.85. The average Bonchev–Trinajstić information content (AvgIpc) is 2.94. The van der Waals surface area contributed by atoms with Crippen molar-refractivity contribution in [1.82, 2.24) is 4.90 Å². The second kappa shape index (κ2) is 6.93. The monoisotopic (exact) mass is 299 g/mol. The third kappa shape index (κ3) is 3.31. The van der Waals surface area contributed by atoms with Gasteiger partial charge in [-0.1, -0.05) is 43.8 Å². The van der Waals surface area contributed by atoms with Crippen LogP contribution >= 0.6 is 0 Å². The highest BCUT2D eigenvalue weighted by Crippen LogP contribution is 2.36. The van der Waals surface area contributed by atoms with Crippen LogP contribution in [0.25, 0.3) is 4.85 Å². The Labute approximate surface area is 133 Å². The molecule has 0 N–H and O–H groups in total. The average molecular weight is 299 g/mol. The van der Waals surface area contributed by atoms with E-state index in [0.717, 1.165) is 43.6 Å². The second-order valence-corrected chi connectivity index (χ2v) is 5.99. The number of rotatable bonds is 3. The quantitative estimate of drug-likeness (QED) is 0.781. The van der Waals surface area contributed by atoms with E-state index in [1.807, 2.05) is 24.3 Å². The van der Waals surface area contributed by atoms with Crippen molar-refractivity contribution in [2.24, 2.45) is 5.16 Å². The fourth-order valence-electron chi connectivity index (χ4n) is 3.17. The van der Waals surface area contributed by atoms with E-state index in [1.54, 1.807) is 0 Å². The predicted molar refractivity (Wildman–Crippen MR) is 90.4 cm³/mol. The molecule has 0 bridgehead atoms. The fraction of sp³-hybridized carbons (Fsp3) is 0.556. The molecule has 0 radical (unpaired) electrons. The van der Waals surface area contributed by atoms with E-state index < -0.39 is 0 Å². The van der Waals surface area contributed by atoms with E-state index in [1.165, 1.54) is 13.0 Å². The van der Waals surface area contributed by atoms with Gasteiger partial charge >= 0.3 is 0 Å². The maximum absolute atomic E-state index is 7.00. The van der Waals surface area contributed by atoms with Gasteiger partial charge in [-0.25, -0.2) is 4.85 Å². The van der Waals surface area contributed by atoms with Gasteiger partial charge in [0.05, 0.1) is 12.3 Å². The van der Waals surface area contributed by atoms with E-state index in [4.69, 9.17) is 11.4 Å². The topological polar surface area (TPSA) is 29.2 Å². The molecule has 2 aliphatic rings. The number of piperidine rings is 1. The van der Waals surface area contributed by atoms with Crippen molar-refractivity contribution < 1.29 is 4.84 Å². The first-order chi connectivity index (χ1) is 10.2. The molecule has 0 unspecified atom stereocenters. The molecule has 0 atom stereocenters. The molecular formula is C18H25N3O. The second-order valence-electron chi connectivity index (χ2n) is 5.99. The first-order valence-corrected chi connectivity index (χ1v) is 7.70. The molecule has 4 heteroatoms. The number of benzene rings is 1. The maximum Gasteiger partial charge on any atom is 0.187 e. The third-order valence-corrected chi connectivity index (χ3v) is 4.48. The molecule has 1 aromatic rings. The Balaban J connectivity index is 0.00000176. The molecule has 0 aromatic heterocycles. The van der Waals surface area contributed by atoms with Crippen molar-refractivity contribution in [3.05, 3.63) is 41.2 Å². The maximum atomic E-state index is 7.00. The van der Waals surface area contributed by atoms with Crippen LogP contribution in [0.1, 0.15) is 45.6 Å². The molecule has 1 spiro atoms. The van der Waals surface area contributed by atoms with E-state index in [9.17, 15) is 0 Å². The third-order valence-electron chi connectivity index (χ3n) is 4.48. The van der Waals surface area contributed by atoms with Gasteiger partial charge in [0.25, 0.3) is 0 Å². The summed E-state index contributed by atoms with van der Waals surface area (Å²) in [4.78, 5) is 11.8. The lowest BCUT2D eigenvalue weighted by Gasteiger charge is -2.37. The zero-order valence-electron chi connectivity index (χ0n) is 12.5. The Kier molecular flexibility index (Phi) is 5.20. The molecule has 1 fully saturated rings. The minimum Gasteiger partial charge on any atom is -0.388 e. The van der Waals surface area contributed by atoms with Crippen LogP contribution in [0.2, 0.25) is 0 Å². The van der Waals surface area contributed by atoms with Crippen molar-refractivity contribution in [1.29, 1.82) is 0 Å². The molecule has 1 saturated heterocycles. The Morgan fingerprint density at radius 1 is 1.27 bits per heavy atom. The molecule has 2 aliphatic heterocycles. The Morgan fingerprint density at radius 2 is 1.95 bits per heavy atom. The summed E-state index contributed by atoms with van der Waals surface area (Å²) in [6.45, 7) is 12.6. The van der Waals surface area contributed by atoms with Crippen molar-refractivity contribution in [3.8, 4) is 0 Å². The summed E-state index contributed by atoms with van der Waals surface area (Å²) >= 11 is 0. The van der Waals surface area contributed by atoms with E-state index in [0.29, 0.717) is 5.69 Å². The van der Waals surface area contributed by atoms with Gasteiger partial charge < -0.3 is 9.74 Å². The summed E-state index contributed by atoms with van der Waals surface area (Å²) in [6.07, 6.45) is 4.22. The number of nitrogens with zero attached hydrogens (tertiary/aromatic N) is 3. The molecule has 22 heavy (non-hydrogen) atoms. The van der Waals surface area contributed by atoms with Crippen LogP contribution in [0.4, 0.5) is 5.69 Å². The summed E-state index contributed by atoms with van der Waals surface area (Å²) in [6, 6.07) is 7.64. The normalized spacial score (nSPS) is 19.9. The summed E-state index contributed by atoms with van der Waals surface area (Å²) in [5, 5.41) is 4.33. The van der Waals surface area contributed by atoms with E-state index >= 15 is 0 Å². The van der Waals surface area contributed by atoms with Crippen LogP contribution in [-0.2, 0) is 4.84 Å². The molecule has 0 aliphatic carbocycles. The highest BCUT2D eigenvalue weighted by molar-refractivity contribution is 6.01. The van der Waals surface area contributed by atoms with Crippen LogP contribution in [0, 0.1) is 6.57 Å². The fourth-order valence-corrected chi connectivity index (χ4v) is 3.17. The zero-order valence-corrected chi connectivity index (χ0v) is 12.5. The SMILES string of the molecule is C.[C-]#[N+]c1ccc(C2=NOC3(CCN(CCC)CC3)C2)cc1. The van der Waals surface area contributed by atoms with Gasteiger partial charge in [0.1, 0.15) is 5.60 Å². The van der Waals surface area contributed by atoms with Gasteiger partial charge in [-0.15, -0.1) is 0 Å². The molecule has 118 valence electrons. The molecule has 2 heterocycles. The minimum absolute atomic E-state index is 0. The molecular weight excluding hydrogens is 274 g/mol. The van der Waals surface area contributed by atoms with Crippen LogP contribution in [0.5, 0.6) is 0 Å². The van der Waals surface area contributed by atoms with Crippen LogP contribution in [-0.4, -0.2) is 35.8 Å². The first kappa shape index (κ1) is 16.5. The lowest BCUT2D eigenvalue weighted by molar-refractivity contribution is -0.0613. The lowest BCUT2D eigenvalue weighted by Crippen LogP contribution is -2.44. The first-order valence-electron chi connectivity index (χ1n) is 7.70. The number of hydrogen-bond donors (Lipinski definition) is 0. The Morgan fingerprint density at radius 3 is 2.55 bits per heavy atom. The van der Waals surface area contributed by atoms with Gasteiger partial charge in [0, 0.05) is 32.4 Å². The molecule has 0 amide bonds. The van der Waals surface area contributed by atoms with Gasteiger partial charge in [-0.3, -0.25) is 0 Å². The highest BCUT2D eigenvalue weighted by atomic mass is 16.7. The Bertz CT molecular complexity index is 563. The summed E-state index contributed by atoms with van der Waals surface area (Å²) in [5.74, 6) is 0. The van der Waals surface area contributed by atoms with Crippen LogP contribution in [0.15, 0.2) is 29.4 Å². The van der Waals surface area contributed by atoms with E-state index in [2.05, 4.69) is 21.8 Å². The summed E-state index contributed by atoms with van der Waals surface area (Å²) in [5.41, 5.74) is 2.68. The van der Waals surface area contributed by atoms with Crippen LogP contribution in [0.3, 0.4) is 0 Å². The number of likely N-dealkylation sites (tertiary alicyclic amines) is 1. The molecule has 4 nitrogen and oxygen atoms in total. The van der Waals surface area contributed by atoms with Crippen molar-refractivity contribution in [2.45, 2.75) is 45.6 Å². The van der Waals surface area contributed by atoms with Crippen molar-refractivity contribution in [2.75, 3.05) is 19.6 Å². The number of oxime groups is 1. The minimum atomic E-state index is -0.0853. The zero-order chi connectivity index (χ0) is 14.7. The van der Waals surface area contributed by atoms with Gasteiger partial charge in [-0.05, 0) is 18.5 Å². The summed E-state index contributed by atoms with van der Waals surface area (Å²) < 4.78 is 0. The largest absolute Gasteiger partial charge is 0.388 e.